The molecule has 0 amide bonds. The van der Waals surface area contributed by atoms with Crippen LogP contribution in [0.3, 0.4) is 0 Å². The summed E-state index contributed by atoms with van der Waals surface area (Å²) in [6.45, 7) is 6.86. The Hall–Kier alpha value is -1.56. The zero-order chi connectivity index (χ0) is 12.4. The Morgan fingerprint density at radius 3 is 2.00 bits per heavy atom. The summed E-state index contributed by atoms with van der Waals surface area (Å²) >= 11 is 0. The summed E-state index contributed by atoms with van der Waals surface area (Å²) in [5, 5.41) is 16.0. The van der Waals surface area contributed by atoms with E-state index in [-0.39, 0.29) is 12.5 Å². The van der Waals surface area contributed by atoms with Crippen molar-refractivity contribution >= 4 is 12.1 Å². The third-order valence-electron chi connectivity index (χ3n) is 1.33. The molecule has 1 atom stereocenters. The summed E-state index contributed by atoms with van der Waals surface area (Å²) < 4.78 is 3.99. The van der Waals surface area contributed by atoms with Crippen LogP contribution in [0, 0.1) is 5.92 Å². The van der Waals surface area contributed by atoms with Crippen LogP contribution >= 0.6 is 0 Å². The molecule has 0 saturated carbocycles. The molecule has 0 spiro atoms. The average Bonchev–Trinajstić information content (AvgIpc) is 2.14. The van der Waals surface area contributed by atoms with Crippen LogP contribution in [0.4, 0.5) is 4.79 Å². The fourth-order valence-corrected chi connectivity index (χ4v) is 0.415. The Balaban J connectivity index is 0. The number of rotatable bonds is 4. The zero-order valence-corrected chi connectivity index (χ0v) is 8.84. The first kappa shape index (κ1) is 15.9. The summed E-state index contributed by atoms with van der Waals surface area (Å²) in [7, 11) is 0. The summed E-state index contributed by atoms with van der Waals surface area (Å²) in [6.07, 6.45) is 0.105. The topological polar surface area (TPSA) is 110 Å². The second-order valence-corrected chi connectivity index (χ2v) is 2.97. The van der Waals surface area contributed by atoms with Crippen LogP contribution in [-0.2, 0) is 9.53 Å². The fraction of sp³-hybridized carbons (Fsp3) is 0.556. The third-order valence-corrected chi connectivity index (χ3v) is 1.33. The second-order valence-electron chi connectivity index (χ2n) is 2.97. The molecule has 0 aromatic carbocycles. The van der Waals surface area contributed by atoms with Gasteiger partial charge in [0.25, 0.3) is 0 Å². The molecule has 0 aromatic rings. The highest BCUT2D eigenvalue weighted by molar-refractivity contribution is 5.73. The van der Waals surface area contributed by atoms with Crippen LogP contribution in [0.5, 0.6) is 0 Å². The molecule has 88 valence electrons. The number of ether oxygens (including phenoxy) is 1. The average molecular weight is 219 g/mol. The van der Waals surface area contributed by atoms with Crippen molar-refractivity contribution in [3.63, 3.8) is 0 Å². The van der Waals surface area contributed by atoms with Crippen LogP contribution in [0.15, 0.2) is 12.7 Å². The maximum atomic E-state index is 10.0. The highest BCUT2D eigenvalue weighted by atomic mass is 16.7. The van der Waals surface area contributed by atoms with Gasteiger partial charge >= 0.3 is 12.1 Å². The Labute approximate surface area is 88.3 Å². The Morgan fingerprint density at radius 1 is 1.47 bits per heavy atom. The maximum Gasteiger partial charge on any atom is 0.506 e. The monoisotopic (exact) mass is 219 g/mol. The van der Waals surface area contributed by atoms with Gasteiger partial charge in [-0.05, 0) is 5.92 Å². The van der Waals surface area contributed by atoms with E-state index in [2.05, 4.69) is 11.3 Å². The lowest BCUT2D eigenvalue weighted by atomic mass is 10.1. The maximum absolute atomic E-state index is 10.0. The van der Waals surface area contributed by atoms with E-state index >= 15 is 0 Å². The number of carboxylic acids is 1. The van der Waals surface area contributed by atoms with Gasteiger partial charge in [-0.3, -0.25) is 4.79 Å². The molecule has 0 fully saturated rings. The van der Waals surface area contributed by atoms with Crippen molar-refractivity contribution in [2.24, 2.45) is 11.7 Å². The molecule has 0 saturated heterocycles. The van der Waals surface area contributed by atoms with E-state index in [9.17, 15) is 9.59 Å². The molecule has 6 heteroatoms. The van der Waals surface area contributed by atoms with Gasteiger partial charge in [0, 0.05) is 0 Å². The van der Waals surface area contributed by atoms with Crippen LogP contribution in [0.25, 0.3) is 0 Å². The Morgan fingerprint density at radius 2 is 1.93 bits per heavy atom. The lowest BCUT2D eigenvalue weighted by molar-refractivity contribution is -0.139. The van der Waals surface area contributed by atoms with Gasteiger partial charge in [-0.25, -0.2) is 4.79 Å². The van der Waals surface area contributed by atoms with Crippen LogP contribution in [0.2, 0.25) is 0 Å². The zero-order valence-electron chi connectivity index (χ0n) is 8.84. The van der Waals surface area contributed by atoms with Gasteiger partial charge < -0.3 is 20.7 Å². The smallest absolute Gasteiger partial charge is 0.480 e. The van der Waals surface area contributed by atoms with Gasteiger partial charge in [0.1, 0.15) is 12.6 Å². The van der Waals surface area contributed by atoms with E-state index in [4.69, 9.17) is 15.9 Å². The summed E-state index contributed by atoms with van der Waals surface area (Å²) in [5.41, 5.74) is 5.16. The standard InChI is InChI=1S/C5H11NO2.C4H6O3/c1-3(2)4(6)5(7)8;1-2-3-7-4(5)6/h3-4H,6H2,1-2H3,(H,7,8);2H,1,3H2,(H,5,6)/t4-;/m0./s1. The van der Waals surface area contributed by atoms with Crippen molar-refractivity contribution < 1.29 is 24.5 Å². The molecule has 0 radical (unpaired) electrons. The van der Waals surface area contributed by atoms with E-state index in [0.717, 1.165) is 0 Å². The van der Waals surface area contributed by atoms with Crippen molar-refractivity contribution in [2.45, 2.75) is 19.9 Å². The van der Waals surface area contributed by atoms with Crippen molar-refractivity contribution in [2.75, 3.05) is 6.61 Å². The van der Waals surface area contributed by atoms with E-state index in [0.29, 0.717) is 0 Å². The predicted molar refractivity (Wildman–Crippen MR) is 54.6 cm³/mol. The second kappa shape index (κ2) is 9.01. The molecule has 0 aromatic heterocycles. The molecule has 0 heterocycles. The molecule has 0 aliphatic rings. The van der Waals surface area contributed by atoms with Gasteiger partial charge in [0.15, 0.2) is 0 Å². The minimum Gasteiger partial charge on any atom is -0.480 e. The van der Waals surface area contributed by atoms with Crippen LogP contribution < -0.4 is 5.73 Å². The molecule has 4 N–H and O–H groups in total. The fourth-order valence-electron chi connectivity index (χ4n) is 0.415. The van der Waals surface area contributed by atoms with Crippen molar-refractivity contribution in [1.82, 2.24) is 0 Å². The summed E-state index contributed by atoms with van der Waals surface area (Å²) in [6, 6.07) is -0.713. The van der Waals surface area contributed by atoms with Gasteiger partial charge in [-0.15, -0.1) is 0 Å². The number of aliphatic carboxylic acids is 1. The minimum absolute atomic E-state index is 0.0208. The van der Waals surface area contributed by atoms with Crippen molar-refractivity contribution in [1.29, 1.82) is 0 Å². The number of carbonyl (C=O) groups is 2. The highest BCUT2D eigenvalue weighted by Gasteiger charge is 2.14. The first-order valence-electron chi connectivity index (χ1n) is 4.27. The molecular weight excluding hydrogens is 202 g/mol. The summed E-state index contributed by atoms with van der Waals surface area (Å²) in [4.78, 5) is 19.5. The largest absolute Gasteiger partial charge is 0.506 e. The van der Waals surface area contributed by atoms with Gasteiger partial charge in [-0.2, -0.15) is 0 Å². The van der Waals surface area contributed by atoms with E-state index in [1.165, 1.54) is 6.08 Å². The van der Waals surface area contributed by atoms with Gasteiger partial charge in [-0.1, -0.05) is 26.5 Å². The lowest BCUT2D eigenvalue weighted by Gasteiger charge is -2.07. The molecule has 15 heavy (non-hydrogen) atoms. The molecule has 0 bridgehead atoms. The Kier molecular flexibility index (Phi) is 9.55. The van der Waals surface area contributed by atoms with Crippen LogP contribution in [-0.4, -0.2) is 35.0 Å². The number of nitrogens with two attached hydrogens (primary N) is 1. The molecule has 0 unspecified atom stereocenters. The quantitative estimate of drug-likeness (QED) is 0.479. The van der Waals surface area contributed by atoms with Gasteiger partial charge in [0.2, 0.25) is 0 Å². The molecule has 0 aliphatic carbocycles. The first-order chi connectivity index (χ1) is 6.82. The van der Waals surface area contributed by atoms with E-state index in [1.54, 1.807) is 13.8 Å². The summed E-state index contributed by atoms with van der Waals surface area (Å²) in [5.74, 6) is -0.910. The first-order valence-corrected chi connectivity index (χ1v) is 4.27. The normalized spacial score (nSPS) is 10.9. The van der Waals surface area contributed by atoms with Crippen molar-refractivity contribution in [3.05, 3.63) is 12.7 Å². The van der Waals surface area contributed by atoms with Gasteiger partial charge in [0.05, 0.1) is 0 Å². The highest BCUT2D eigenvalue weighted by Crippen LogP contribution is 1.96. The molecule has 6 nitrogen and oxygen atoms in total. The molecule has 0 aliphatic heterocycles. The van der Waals surface area contributed by atoms with Crippen molar-refractivity contribution in [3.8, 4) is 0 Å². The Bertz CT molecular complexity index is 215. The van der Waals surface area contributed by atoms with E-state index in [1.807, 2.05) is 0 Å². The number of carboxylic acid groups (broad SMARTS) is 2. The predicted octanol–water partition coefficient (Wildman–Crippen LogP) is 0.921. The van der Waals surface area contributed by atoms with Crippen LogP contribution in [0.1, 0.15) is 13.8 Å². The SMILES string of the molecule is C=CCOC(=O)O.CC(C)[C@H](N)C(=O)O. The molecule has 0 rings (SSSR count). The third kappa shape index (κ3) is 12.4. The molecular formula is C9H17NO5. The number of hydrogen-bond acceptors (Lipinski definition) is 4. The minimum atomic E-state index is -1.26. The lowest BCUT2D eigenvalue weighted by Crippen LogP contribution is -2.34. The van der Waals surface area contributed by atoms with E-state index < -0.39 is 18.2 Å². The number of hydrogen-bond donors (Lipinski definition) is 3.